The molecule has 1 saturated carbocycles. The Hall–Kier alpha value is -2.63. The van der Waals surface area contributed by atoms with Gasteiger partial charge in [0.15, 0.2) is 0 Å². The Kier molecular flexibility index (Phi) is 6.44. The average molecular weight is 439 g/mol. The first-order valence-electron chi connectivity index (χ1n) is 10.8. The zero-order chi connectivity index (χ0) is 21.8. The average Bonchev–Trinajstić information content (AvgIpc) is 2.76. The predicted molar refractivity (Wildman–Crippen MR) is 125 cm³/mol. The van der Waals surface area contributed by atoms with Gasteiger partial charge in [-0.15, -0.1) is 0 Å². The minimum atomic E-state index is -0.816. The Morgan fingerprint density at radius 3 is 2.52 bits per heavy atom. The van der Waals surface area contributed by atoms with Crippen molar-refractivity contribution in [3.63, 3.8) is 0 Å². The van der Waals surface area contributed by atoms with Gasteiger partial charge in [-0.2, -0.15) is 0 Å². The third kappa shape index (κ3) is 5.17. The van der Waals surface area contributed by atoms with Gasteiger partial charge in [0.2, 0.25) is 5.91 Å². The molecule has 0 bridgehead atoms. The molecule has 0 saturated heterocycles. The number of halogens is 1. The van der Waals surface area contributed by atoms with Crippen molar-refractivity contribution in [1.29, 1.82) is 0 Å². The fourth-order valence-corrected chi connectivity index (χ4v) is 4.48. The van der Waals surface area contributed by atoms with Crippen LogP contribution in [0.1, 0.15) is 44.1 Å². The molecule has 2 N–H and O–H groups in total. The predicted octanol–water partition coefficient (Wildman–Crippen LogP) is 4.92. The maximum atomic E-state index is 13.0. The first-order chi connectivity index (χ1) is 14.9. The third-order valence-corrected chi connectivity index (χ3v) is 6.35. The van der Waals surface area contributed by atoms with E-state index < -0.39 is 5.60 Å². The lowest BCUT2D eigenvalue weighted by Crippen LogP contribution is -2.39. The molecule has 1 heterocycles. The molecule has 4 rings (SSSR count). The first-order valence-corrected chi connectivity index (χ1v) is 11.2. The molecule has 162 valence electrons. The van der Waals surface area contributed by atoms with Crippen molar-refractivity contribution in [3.05, 3.63) is 75.7 Å². The first kappa shape index (κ1) is 21.6. The van der Waals surface area contributed by atoms with Gasteiger partial charge in [0, 0.05) is 34.1 Å². The van der Waals surface area contributed by atoms with Gasteiger partial charge in [0.1, 0.15) is 0 Å². The summed E-state index contributed by atoms with van der Waals surface area (Å²) in [5.41, 5.74) is 0.706. The zero-order valence-electron chi connectivity index (χ0n) is 17.4. The van der Waals surface area contributed by atoms with E-state index in [0.29, 0.717) is 40.9 Å². The summed E-state index contributed by atoms with van der Waals surface area (Å²) in [7, 11) is 0. The maximum Gasteiger partial charge on any atom is 0.258 e. The zero-order valence-corrected chi connectivity index (χ0v) is 18.2. The van der Waals surface area contributed by atoms with Crippen LogP contribution in [0.4, 0.5) is 5.69 Å². The van der Waals surface area contributed by atoms with Crippen molar-refractivity contribution in [1.82, 2.24) is 4.57 Å². The molecule has 1 amide bonds. The highest BCUT2D eigenvalue weighted by atomic mass is 35.5. The van der Waals surface area contributed by atoms with Crippen molar-refractivity contribution >= 4 is 34.0 Å². The second-order valence-corrected chi connectivity index (χ2v) is 8.91. The molecular weight excluding hydrogens is 412 g/mol. The van der Waals surface area contributed by atoms with Crippen LogP contribution < -0.4 is 10.9 Å². The van der Waals surface area contributed by atoms with Crippen molar-refractivity contribution in [2.45, 2.75) is 57.1 Å². The Labute approximate surface area is 186 Å². The minimum Gasteiger partial charge on any atom is -0.388 e. The van der Waals surface area contributed by atoms with Crippen LogP contribution in [0.3, 0.4) is 0 Å². The summed E-state index contributed by atoms with van der Waals surface area (Å²) < 4.78 is 1.60. The van der Waals surface area contributed by atoms with E-state index in [1.165, 1.54) is 0 Å². The number of amides is 1. The van der Waals surface area contributed by atoms with E-state index in [-0.39, 0.29) is 11.5 Å². The number of anilines is 1. The fraction of sp³-hybridized carbons (Fsp3) is 0.360. The standard InChI is InChI=1S/C25H27ClN2O3/c26-19-10-7-18(8-11-19)9-12-23(29)27-22-6-4-5-21-20(22)13-16-28(24(21)30)17-25(31)14-2-1-3-15-25/h4-8,10-11,13,16,31H,1-3,9,12,14-15,17H2,(H,27,29). The van der Waals surface area contributed by atoms with E-state index in [1.807, 2.05) is 30.3 Å². The van der Waals surface area contributed by atoms with Gasteiger partial charge < -0.3 is 15.0 Å². The second-order valence-electron chi connectivity index (χ2n) is 8.48. The highest BCUT2D eigenvalue weighted by Gasteiger charge is 2.30. The van der Waals surface area contributed by atoms with Gasteiger partial charge in [0.05, 0.1) is 12.1 Å². The lowest BCUT2D eigenvalue weighted by molar-refractivity contribution is -0.116. The molecule has 1 fully saturated rings. The Morgan fingerprint density at radius 1 is 1.03 bits per heavy atom. The summed E-state index contributed by atoms with van der Waals surface area (Å²) in [6, 6.07) is 14.6. The number of pyridine rings is 1. The number of hydrogen-bond acceptors (Lipinski definition) is 3. The number of hydrogen-bond donors (Lipinski definition) is 2. The number of benzene rings is 2. The number of aliphatic hydroxyl groups is 1. The van der Waals surface area contributed by atoms with E-state index >= 15 is 0 Å². The van der Waals surface area contributed by atoms with Crippen LogP contribution in [-0.2, 0) is 17.8 Å². The minimum absolute atomic E-state index is 0.108. The highest BCUT2D eigenvalue weighted by Crippen LogP contribution is 2.29. The molecule has 1 aliphatic rings. The number of rotatable bonds is 6. The number of carbonyl (C=O) groups excluding carboxylic acids is 1. The maximum absolute atomic E-state index is 13.0. The van der Waals surface area contributed by atoms with Gasteiger partial charge in [-0.1, -0.05) is 49.1 Å². The van der Waals surface area contributed by atoms with Crippen LogP contribution in [0.15, 0.2) is 59.5 Å². The Balaban J connectivity index is 1.49. The molecule has 0 radical (unpaired) electrons. The van der Waals surface area contributed by atoms with Crippen molar-refractivity contribution in [2.75, 3.05) is 5.32 Å². The van der Waals surface area contributed by atoms with Crippen LogP contribution in [-0.4, -0.2) is 21.2 Å². The lowest BCUT2D eigenvalue weighted by atomic mass is 9.85. The summed E-state index contributed by atoms with van der Waals surface area (Å²) in [5.74, 6) is -0.108. The SMILES string of the molecule is O=C(CCc1ccc(Cl)cc1)Nc1cccc2c(=O)n(CC3(O)CCCCC3)ccc12. The van der Waals surface area contributed by atoms with E-state index in [0.717, 1.165) is 37.7 Å². The van der Waals surface area contributed by atoms with E-state index in [1.54, 1.807) is 29.0 Å². The number of carbonyl (C=O) groups is 1. The monoisotopic (exact) mass is 438 g/mol. The quantitative estimate of drug-likeness (QED) is 0.573. The number of nitrogens with one attached hydrogen (secondary N) is 1. The summed E-state index contributed by atoms with van der Waals surface area (Å²) in [4.78, 5) is 25.5. The number of aryl methyl sites for hydroxylation is 1. The molecule has 2 aromatic carbocycles. The molecule has 1 aromatic heterocycles. The van der Waals surface area contributed by atoms with E-state index in [4.69, 9.17) is 11.6 Å². The molecular formula is C25H27ClN2O3. The summed E-state index contributed by atoms with van der Waals surface area (Å²) in [6.45, 7) is 0.305. The van der Waals surface area contributed by atoms with Gasteiger partial charge in [-0.05, 0) is 55.2 Å². The molecule has 1 aliphatic carbocycles. The second kappa shape index (κ2) is 9.25. The topological polar surface area (TPSA) is 71.3 Å². The molecule has 0 atom stereocenters. The fourth-order valence-electron chi connectivity index (χ4n) is 4.36. The van der Waals surface area contributed by atoms with Crippen LogP contribution in [0, 0.1) is 0 Å². The summed E-state index contributed by atoms with van der Waals surface area (Å²) in [6.07, 6.45) is 7.23. The van der Waals surface area contributed by atoms with Crippen molar-refractivity contribution in [3.8, 4) is 0 Å². The van der Waals surface area contributed by atoms with Crippen molar-refractivity contribution < 1.29 is 9.90 Å². The highest BCUT2D eigenvalue weighted by molar-refractivity contribution is 6.30. The summed E-state index contributed by atoms with van der Waals surface area (Å²) in [5, 5.41) is 15.7. The Bertz CT molecular complexity index is 1130. The van der Waals surface area contributed by atoms with Gasteiger partial charge in [-0.3, -0.25) is 9.59 Å². The van der Waals surface area contributed by atoms with E-state index in [9.17, 15) is 14.7 Å². The van der Waals surface area contributed by atoms with Crippen LogP contribution in [0.5, 0.6) is 0 Å². The smallest absolute Gasteiger partial charge is 0.258 e. The molecule has 0 aliphatic heterocycles. The lowest BCUT2D eigenvalue weighted by Gasteiger charge is -2.32. The van der Waals surface area contributed by atoms with Crippen LogP contribution >= 0.6 is 11.6 Å². The number of aromatic nitrogens is 1. The molecule has 3 aromatic rings. The molecule has 5 nitrogen and oxygen atoms in total. The Morgan fingerprint density at radius 2 is 1.77 bits per heavy atom. The number of fused-ring (bicyclic) bond motifs is 1. The third-order valence-electron chi connectivity index (χ3n) is 6.10. The van der Waals surface area contributed by atoms with Crippen LogP contribution in [0.25, 0.3) is 10.8 Å². The van der Waals surface area contributed by atoms with Crippen molar-refractivity contribution in [2.24, 2.45) is 0 Å². The van der Waals surface area contributed by atoms with Gasteiger partial charge in [-0.25, -0.2) is 0 Å². The molecule has 0 spiro atoms. The molecule has 0 unspecified atom stereocenters. The van der Waals surface area contributed by atoms with Crippen LogP contribution in [0.2, 0.25) is 5.02 Å². The normalized spacial score (nSPS) is 15.7. The summed E-state index contributed by atoms with van der Waals surface area (Å²) >= 11 is 5.90. The number of nitrogens with zero attached hydrogens (tertiary/aromatic N) is 1. The molecule has 31 heavy (non-hydrogen) atoms. The van der Waals surface area contributed by atoms with E-state index in [2.05, 4.69) is 5.32 Å². The largest absolute Gasteiger partial charge is 0.388 e. The van der Waals surface area contributed by atoms with Gasteiger partial charge >= 0.3 is 0 Å². The molecule has 6 heteroatoms. The van der Waals surface area contributed by atoms with Gasteiger partial charge in [0.25, 0.3) is 5.56 Å².